The number of hydrogen-bond acceptors (Lipinski definition) is 6. The van der Waals surface area contributed by atoms with Crippen molar-refractivity contribution in [3.63, 3.8) is 0 Å². The van der Waals surface area contributed by atoms with Crippen LogP contribution in [0.1, 0.15) is 57.6 Å². The Kier molecular flexibility index (Phi) is 10.6. The van der Waals surface area contributed by atoms with Crippen molar-refractivity contribution < 1.29 is 27.5 Å². The normalized spacial score (nSPS) is 14.3. The van der Waals surface area contributed by atoms with Crippen molar-refractivity contribution in [1.29, 1.82) is 0 Å². The molecule has 1 heterocycles. The number of anilines is 1. The van der Waals surface area contributed by atoms with Crippen LogP contribution in [0.4, 0.5) is 5.69 Å². The zero-order valence-corrected chi connectivity index (χ0v) is 24.4. The molecule has 39 heavy (non-hydrogen) atoms. The Morgan fingerprint density at radius 2 is 1.72 bits per heavy atom. The average molecular weight is 560 g/mol. The van der Waals surface area contributed by atoms with E-state index in [9.17, 15) is 18.0 Å². The molecule has 1 aliphatic rings. The molecule has 0 saturated heterocycles. The molecule has 2 amide bonds. The number of fused-ring (bicyclic) bond motifs is 1. The summed E-state index contributed by atoms with van der Waals surface area (Å²) in [7, 11) is -3.62. The van der Waals surface area contributed by atoms with Gasteiger partial charge in [-0.3, -0.25) is 13.9 Å². The van der Waals surface area contributed by atoms with Gasteiger partial charge in [0.15, 0.2) is 11.5 Å². The van der Waals surface area contributed by atoms with E-state index in [1.807, 2.05) is 52.0 Å². The summed E-state index contributed by atoms with van der Waals surface area (Å²) in [4.78, 5) is 28.4. The van der Waals surface area contributed by atoms with Crippen LogP contribution < -0.4 is 19.1 Å². The number of rotatable bonds is 13. The van der Waals surface area contributed by atoms with Gasteiger partial charge in [0.2, 0.25) is 21.8 Å². The average Bonchev–Trinajstić information content (AvgIpc) is 2.90. The topological polar surface area (TPSA) is 105 Å². The van der Waals surface area contributed by atoms with E-state index in [1.165, 1.54) is 4.31 Å². The van der Waals surface area contributed by atoms with Gasteiger partial charge < -0.3 is 19.7 Å². The molecular formula is C29H41N3O6S. The number of benzene rings is 2. The third-order valence-corrected chi connectivity index (χ3v) is 8.15. The summed E-state index contributed by atoms with van der Waals surface area (Å²) in [6.45, 7) is 9.06. The second kappa shape index (κ2) is 13.7. The van der Waals surface area contributed by atoms with Crippen molar-refractivity contribution in [3.8, 4) is 11.5 Å². The number of amides is 2. The van der Waals surface area contributed by atoms with E-state index in [1.54, 1.807) is 23.1 Å². The van der Waals surface area contributed by atoms with Crippen molar-refractivity contribution in [2.45, 2.75) is 72.0 Å². The molecule has 0 aromatic heterocycles. The highest BCUT2D eigenvalue weighted by Gasteiger charge is 2.30. The molecule has 3 rings (SSSR count). The Labute approximate surface area is 232 Å². The molecule has 9 nitrogen and oxygen atoms in total. The number of aryl methyl sites for hydroxylation is 1. The van der Waals surface area contributed by atoms with E-state index in [2.05, 4.69) is 5.32 Å². The summed E-state index contributed by atoms with van der Waals surface area (Å²) in [5.74, 6) is 0.690. The standard InChI is InChI=1S/C29H41N3O6S/c1-6-22(4)30-29(34)25(7-2)31(20-23-12-9-8-11-21(23)3)28(33)13-10-16-32(39(5,35)36)24-14-15-26-27(19-24)38-18-17-37-26/h8-9,11-12,14-15,19,22,25H,6-7,10,13,16-18,20H2,1-5H3,(H,30,34)/t22-,25+/m0/s1. The van der Waals surface area contributed by atoms with E-state index in [-0.39, 0.29) is 37.2 Å². The Bertz CT molecular complexity index is 1250. The van der Waals surface area contributed by atoms with Crippen LogP contribution in [0.5, 0.6) is 11.5 Å². The van der Waals surface area contributed by atoms with Crippen molar-refractivity contribution in [2.75, 3.05) is 30.3 Å². The molecule has 0 aliphatic carbocycles. The molecule has 1 N–H and O–H groups in total. The summed E-state index contributed by atoms with van der Waals surface area (Å²) in [6.07, 6.45) is 2.77. The molecule has 2 aromatic carbocycles. The molecule has 2 aromatic rings. The van der Waals surface area contributed by atoms with E-state index >= 15 is 0 Å². The van der Waals surface area contributed by atoms with Crippen LogP contribution in [-0.2, 0) is 26.2 Å². The number of sulfonamides is 1. The van der Waals surface area contributed by atoms with Crippen LogP contribution in [0, 0.1) is 6.92 Å². The highest BCUT2D eigenvalue weighted by atomic mass is 32.2. The van der Waals surface area contributed by atoms with Crippen molar-refractivity contribution in [3.05, 3.63) is 53.6 Å². The summed E-state index contributed by atoms with van der Waals surface area (Å²) >= 11 is 0. The van der Waals surface area contributed by atoms with Gasteiger partial charge in [-0.15, -0.1) is 0 Å². The lowest BCUT2D eigenvalue weighted by molar-refractivity contribution is -0.141. The van der Waals surface area contributed by atoms with Gasteiger partial charge in [-0.2, -0.15) is 0 Å². The quantitative estimate of drug-likeness (QED) is 0.397. The molecule has 0 fully saturated rings. The van der Waals surface area contributed by atoms with Crippen molar-refractivity contribution in [2.24, 2.45) is 0 Å². The number of nitrogens with one attached hydrogen (secondary N) is 1. The minimum atomic E-state index is -3.62. The third kappa shape index (κ3) is 8.11. The molecular weight excluding hydrogens is 518 g/mol. The van der Waals surface area contributed by atoms with Crippen molar-refractivity contribution in [1.82, 2.24) is 10.2 Å². The van der Waals surface area contributed by atoms with E-state index < -0.39 is 16.1 Å². The number of nitrogens with zero attached hydrogens (tertiary/aromatic N) is 2. The first-order chi connectivity index (χ1) is 18.5. The lowest BCUT2D eigenvalue weighted by atomic mass is 10.0. The lowest BCUT2D eigenvalue weighted by Gasteiger charge is -2.32. The van der Waals surface area contributed by atoms with Crippen LogP contribution in [-0.4, -0.2) is 63.2 Å². The van der Waals surface area contributed by atoms with Crippen LogP contribution >= 0.6 is 0 Å². The Balaban J connectivity index is 1.78. The Morgan fingerprint density at radius 3 is 2.36 bits per heavy atom. The summed E-state index contributed by atoms with van der Waals surface area (Å²) in [6, 6.07) is 12.2. The summed E-state index contributed by atoms with van der Waals surface area (Å²) in [5, 5.41) is 3.01. The second-order valence-electron chi connectivity index (χ2n) is 9.96. The van der Waals surface area contributed by atoms with Gasteiger partial charge in [0, 0.05) is 31.6 Å². The van der Waals surface area contributed by atoms with Crippen LogP contribution in [0.2, 0.25) is 0 Å². The van der Waals surface area contributed by atoms with Gasteiger partial charge >= 0.3 is 0 Å². The fraction of sp³-hybridized carbons (Fsp3) is 0.517. The van der Waals surface area contributed by atoms with E-state index in [0.717, 1.165) is 23.8 Å². The molecule has 0 unspecified atom stereocenters. The van der Waals surface area contributed by atoms with Gasteiger partial charge in [-0.05, 0) is 56.4 Å². The first-order valence-corrected chi connectivity index (χ1v) is 15.4. The predicted octanol–water partition coefficient (Wildman–Crippen LogP) is 4.03. The van der Waals surface area contributed by atoms with E-state index in [0.29, 0.717) is 43.4 Å². The number of carbonyl (C=O) groups is 2. The third-order valence-electron chi connectivity index (χ3n) is 6.95. The van der Waals surface area contributed by atoms with Crippen molar-refractivity contribution >= 4 is 27.5 Å². The highest BCUT2D eigenvalue weighted by Crippen LogP contribution is 2.34. The molecule has 0 saturated carbocycles. The van der Waals surface area contributed by atoms with Gasteiger partial charge in [-0.1, -0.05) is 38.1 Å². The Hall–Kier alpha value is -3.27. The monoisotopic (exact) mass is 559 g/mol. The molecule has 0 radical (unpaired) electrons. The number of carbonyl (C=O) groups excluding carboxylic acids is 2. The number of ether oxygens (including phenoxy) is 2. The van der Waals surface area contributed by atoms with Crippen LogP contribution in [0.25, 0.3) is 0 Å². The molecule has 2 atom stereocenters. The van der Waals surface area contributed by atoms with Gasteiger partial charge in [0.1, 0.15) is 19.3 Å². The SMILES string of the molecule is CC[C@H](C(=O)N[C@@H](C)CC)N(Cc1ccccc1C)C(=O)CCCN(c1ccc2c(c1)OCCO2)S(C)(=O)=O. The first-order valence-electron chi connectivity index (χ1n) is 13.6. The molecule has 214 valence electrons. The maximum absolute atomic E-state index is 13.6. The largest absolute Gasteiger partial charge is 0.486 e. The predicted molar refractivity (Wildman–Crippen MR) is 153 cm³/mol. The zero-order valence-electron chi connectivity index (χ0n) is 23.6. The summed E-state index contributed by atoms with van der Waals surface area (Å²) in [5.41, 5.74) is 2.45. The molecule has 10 heteroatoms. The molecule has 0 bridgehead atoms. The first kappa shape index (κ1) is 30.3. The minimum absolute atomic E-state index is 0.00344. The molecule has 1 aliphatic heterocycles. The lowest BCUT2D eigenvalue weighted by Crippen LogP contribution is -2.50. The Morgan fingerprint density at radius 1 is 1.03 bits per heavy atom. The number of hydrogen-bond donors (Lipinski definition) is 1. The smallest absolute Gasteiger partial charge is 0.243 e. The maximum atomic E-state index is 13.6. The van der Waals surface area contributed by atoms with Crippen LogP contribution in [0.15, 0.2) is 42.5 Å². The van der Waals surface area contributed by atoms with Gasteiger partial charge in [0.05, 0.1) is 11.9 Å². The minimum Gasteiger partial charge on any atom is -0.486 e. The highest BCUT2D eigenvalue weighted by molar-refractivity contribution is 7.92. The maximum Gasteiger partial charge on any atom is 0.243 e. The zero-order chi connectivity index (χ0) is 28.6. The van der Waals surface area contributed by atoms with Crippen LogP contribution in [0.3, 0.4) is 0 Å². The fourth-order valence-electron chi connectivity index (χ4n) is 4.52. The van der Waals surface area contributed by atoms with Gasteiger partial charge in [0.25, 0.3) is 0 Å². The fourth-order valence-corrected chi connectivity index (χ4v) is 5.48. The summed E-state index contributed by atoms with van der Waals surface area (Å²) < 4.78 is 37.8. The second-order valence-corrected chi connectivity index (χ2v) is 11.9. The molecule has 0 spiro atoms. The van der Waals surface area contributed by atoms with E-state index in [4.69, 9.17) is 9.47 Å². The van der Waals surface area contributed by atoms with Gasteiger partial charge in [-0.25, -0.2) is 8.42 Å².